The second kappa shape index (κ2) is 8.27. The number of ether oxygens (including phenoxy) is 2. The van der Waals surface area contributed by atoms with Crippen molar-refractivity contribution in [1.82, 2.24) is 15.1 Å². The molecule has 1 saturated carbocycles. The molecule has 4 aliphatic rings. The van der Waals surface area contributed by atoms with Crippen LogP contribution >= 0.6 is 0 Å². The van der Waals surface area contributed by atoms with Crippen LogP contribution < -0.4 is 20.1 Å². The Balaban J connectivity index is 1.14. The van der Waals surface area contributed by atoms with Crippen LogP contribution in [-0.4, -0.2) is 59.7 Å². The predicted octanol–water partition coefficient (Wildman–Crippen LogP) is 2.52. The molecule has 3 fully saturated rings. The zero-order valence-electron chi connectivity index (χ0n) is 18.4. The van der Waals surface area contributed by atoms with E-state index >= 15 is 0 Å². The van der Waals surface area contributed by atoms with E-state index in [1.165, 1.54) is 4.90 Å². The Labute approximate surface area is 187 Å². The van der Waals surface area contributed by atoms with Gasteiger partial charge in [-0.3, -0.25) is 14.5 Å². The average molecular weight is 443 g/mol. The molecule has 9 nitrogen and oxygen atoms in total. The molecule has 0 unspecified atom stereocenters. The third kappa shape index (κ3) is 3.68. The first-order chi connectivity index (χ1) is 15.5. The van der Waals surface area contributed by atoms with Crippen molar-refractivity contribution in [2.75, 3.05) is 31.9 Å². The number of benzene rings is 1. The number of anilines is 1. The lowest BCUT2D eigenvalue weighted by Gasteiger charge is -2.37. The summed E-state index contributed by atoms with van der Waals surface area (Å²) in [4.78, 5) is 42.0. The van der Waals surface area contributed by atoms with Gasteiger partial charge in [-0.05, 0) is 43.7 Å². The number of imide groups is 1. The molecule has 9 heteroatoms. The van der Waals surface area contributed by atoms with E-state index in [4.69, 9.17) is 9.47 Å². The summed E-state index contributed by atoms with van der Waals surface area (Å²) in [7, 11) is 0. The minimum Gasteiger partial charge on any atom is -0.454 e. The van der Waals surface area contributed by atoms with Crippen LogP contribution in [0.25, 0.3) is 0 Å². The van der Waals surface area contributed by atoms with Gasteiger partial charge in [0.15, 0.2) is 11.5 Å². The number of nitrogens with zero attached hydrogens (tertiary/aromatic N) is 2. The van der Waals surface area contributed by atoms with E-state index in [9.17, 15) is 14.4 Å². The Morgan fingerprint density at radius 1 is 1.16 bits per heavy atom. The van der Waals surface area contributed by atoms with Crippen LogP contribution in [-0.2, 0) is 9.59 Å². The molecule has 1 aliphatic carbocycles. The van der Waals surface area contributed by atoms with Gasteiger partial charge in [-0.15, -0.1) is 0 Å². The van der Waals surface area contributed by atoms with E-state index in [-0.39, 0.29) is 43.1 Å². The van der Waals surface area contributed by atoms with Gasteiger partial charge in [0, 0.05) is 30.8 Å². The SMILES string of the molecule is C[C@@H]1CCCC[C@@]12NC(=O)N(CN1CCC(C(=O)Nc3ccc4c(c3)OCO4)CC1)C2=O. The van der Waals surface area contributed by atoms with Crippen molar-refractivity contribution in [2.24, 2.45) is 11.8 Å². The average Bonchev–Trinajstić information content (AvgIpc) is 3.35. The molecule has 0 aromatic heterocycles. The zero-order chi connectivity index (χ0) is 22.3. The number of carbonyl (C=O) groups excluding carboxylic acids is 3. The molecule has 1 aromatic carbocycles. The van der Waals surface area contributed by atoms with Gasteiger partial charge < -0.3 is 20.1 Å². The van der Waals surface area contributed by atoms with Crippen LogP contribution in [0.4, 0.5) is 10.5 Å². The van der Waals surface area contributed by atoms with Crippen LogP contribution in [0.1, 0.15) is 45.4 Å². The number of fused-ring (bicyclic) bond motifs is 1. The third-order valence-corrected chi connectivity index (χ3v) is 7.44. The minimum atomic E-state index is -0.724. The summed E-state index contributed by atoms with van der Waals surface area (Å²) in [5.74, 6) is 1.26. The van der Waals surface area contributed by atoms with E-state index in [1.54, 1.807) is 18.2 Å². The van der Waals surface area contributed by atoms with Crippen molar-refractivity contribution < 1.29 is 23.9 Å². The van der Waals surface area contributed by atoms with E-state index in [0.29, 0.717) is 43.1 Å². The molecule has 0 radical (unpaired) electrons. The molecule has 2 N–H and O–H groups in total. The fraction of sp³-hybridized carbons (Fsp3) is 0.609. The minimum absolute atomic E-state index is 0.0199. The number of urea groups is 1. The number of nitrogens with one attached hydrogen (secondary N) is 2. The highest BCUT2D eigenvalue weighted by Crippen LogP contribution is 2.38. The Morgan fingerprint density at radius 3 is 2.72 bits per heavy atom. The maximum atomic E-state index is 13.2. The first-order valence-electron chi connectivity index (χ1n) is 11.5. The standard InChI is InChI=1S/C23H30N4O5/c1-15-4-2-3-9-23(15)21(29)27(22(30)25-23)13-26-10-7-16(8-11-26)20(28)24-17-5-6-18-19(12-17)32-14-31-18/h5-6,12,15-16H,2-4,7-11,13-14H2,1H3,(H,24,28)(H,25,30)/t15-,23-/m1/s1. The predicted molar refractivity (Wildman–Crippen MR) is 116 cm³/mol. The highest BCUT2D eigenvalue weighted by atomic mass is 16.7. The molecule has 1 spiro atoms. The second-order valence-corrected chi connectivity index (χ2v) is 9.37. The second-order valence-electron chi connectivity index (χ2n) is 9.37. The van der Waals surface area contributed by atoms with Gasteiger partial charge >= 0.3 is 6.03 Å². The topological polar surface area (TPSA) is 100 Å². The Hall–Kier alpha value is -2.81. The van der Waals surface area contributed by atoms with Crippen LogP contribution in [0.5, 0.6) is 11.5 Å². The van der Waals surface area contributed by atoms with E-state index in [2.05, 4.69) is 22.5 Å². The summed E-state index contributed by atoms with van der Waals surface area (Å²) in [5.41, 5.74) is -0.0362. The van der Waals surface area contributed by atoms with Crippen molar-refractivity contribution in [3.8, 4) is 11.5 Å². The quantitative estimate of drug-likeness (QED) is 0.695. The van der Waals surface area contributed by atoms with Gasteiger partial charge in [0.25, 0.3) is 5.91 Å². The summed E-state index contributed by atoms with van der Waals surface area (Å²) in [6.45, 7) is 3.88. The van der Waals surface area contributed by atoms with Gasteiger partial charge in [0.2, 0.25) is 12.7 Å². The lowest BCUT2D eigenvalue weighted by molar-refractivity contribution is -0.136. The number of likely N-dealkylation sites (tertiary alicyclic amines) is 1. The fourth-order valence-corrected chi connectivity index (χ4v) is 5.38. The maximum Gasteiger partial charge on any atom is 0.326 e. The summed E-state index contributed by atoms with van der Waals surface area (Å²) in [6, 6.07) is 5.08. The van der Waals surface area contributed by atoms with E-state index in [0.717, 1.165) is 25.7 Å². The van der Waals surface area contributed by atoms with Gasteiger partial charge in [-0.2, -0.15) is 0 Å². The Morgan fingerprint density at radius 2 is 1.94 bits per heavy atom. The number of carbonyl (C=O) groups is 3. The molecule has 172 valence electrons. The molecule has 2 atom stereocenters. The van der Waals surface area contributed by atoms with Gasteiger partial charge in [-0.1, -0.05) is 19.8 Å². The van der Waals surface area contributed by atoms with Gasteiger partial charge in [-0.25, -0.2) is 9.69 Å². The number of piperidine rings is 1. The third-order valence-electron chi connectivity index (χ3n) is 7.44. The Bertz CT molecular complexity index is 929. The number of rotatable bonds is 4. The van der Waals surface area contributed by atoms with Gasteiger partial charge in [0.1, 0.15) is 5.54 Å². The van der Waals surface area contributed by atoms with Crippen LogP contribution in [0.15, 0.2) is 18.2 Å². The molecule has 5 rings (SSSR count). The molecule has 0 bridgehead atoms. The Kier molecular flexibility index (Phi) is 5.44. The smallest absolute Gasteiger partial charge is 0.326 e. The molecular weight excluding hydrogens is 412 g/mol. The zero-order valence-corrected chi connectivity index (χ0v) is 18.4. The first-order valence-corrected chi connectivity index (χ1v) is 11.5. The largest absolute Gasteiger partial charge is 0.454 e. The molecule has 3 heterocycles. The molecular formula is C23H30N4O5. The van der Waals surface area contributed by atoms with Crippen LogP contribution in [0.3, 0.4) is 0 Å². The number of hydrogen-bond donors (Lipinski definition) is 2. The molecule has 32 heavy (non-hydrogen) atoms. The van der Waals surface area contributed by atoms with Crippen molar-refractivity contribution in [1.29, 1.82) is 0 Å². The summed E-state index contributed by atoms with van der Waals surface area (Å²) in [6.07, 6.45) is 5.12. The molecule has 1 aromatic rings. The van der Waals surface area contributed by atoms with E-state index in [1.807, 2.05) is 0 Å². The maximum absolute atomic E-state index is 13.2. The summed E-state index contributed by atoms with van der Waals surface area (Å²) >= 11 is 0. The molecule has 4 amide bonds. The highest BCUT2D eigenvalue weighted by Gasteiger charge is 2.55. The summed E-state index contributed by atoms with van der Waals surface area (Å²) in [5, 5.41) is 5.97. The van der Waals surface area contributed by atoms with E-state index < -0.39 is 5.54 Å². The molecule has 2 saturated heterocycles. The van der Waals surface area contributed by atoms with Crippen molar-refractivity contribution in [2.45, 2.75) is 51.0 Å². The molecule has 3 aliphatic heterocycles. The van der Waals surface area contributed by atoms with Crippen molar-refractivity contribution in [3.05, 3.63) is 18.2 Å². The lowest BCUT2D eigenvalue weighted by Crippen LogP contribution is -2.54. The van der Waals surface area contributed by atoms with Crippen molar-refractivity contribution in [3.63, 3.8) is 0 Å². The number of amides is 4. The van der Waals surface area contributed by atoms with Crippen molar-refractivity contribution >= 4 is 23.5 Å². The fourth-order valence-electron chi connectivity index (χ4n) is 5.38. The monoisotopic (exact) mass is 442 g/mol. The van der Waals surface area contributed by atoms with Crippen LogP contribution in [0, 0.1) is 11.8 Å². The highest BCUT2D eigenvalue weighted by molar-refractivity contribution is 6.07. The van der Waals surface area contributed by atoms with Crippen LogP contribution in [0.2, 0.25) is 0 Å². The number of hydrogen-bond acceptors (Lipinski definition) is 6. The lowest BCUT2D eigenvalue weighted by atomic mass is 9.73. The first kappa shape index (κ1) is 21.1. The van der Waals surface area contributed by atoms with Gasteiger partial charge in [0.05, 0.1) is 6.67 Å². The normalized spacial score (nSPS) is 28.3. The summed E-state index contributed by atoms with van der Waals surface area (Å²) < 4.78 is 10.7.